The van der Waals surface area contributed by atoms with Gasteiger partial charge in [0.1, 0.15) is 11.4 Å². The monoisotopic (exact) mass is 512 g/mol. The number of hydrogen-bond donors (Lipinski definition) is 1. The largest absolute Gasteiger partial charge is 0.378 e. The summed E-state index contributed by atoms with van der Waals surface area (Å²) in [5, 5.41) is 4.09. The van der Waals surface area contributed by atoms with Crippen LogP contribution in [0, 0.1) is 5.82 Å². The van der Waals surface area contributed by atoms with Crippen LogP contribution >= 0.6 is 0 Å². The number of benzene rings is 2. The SMILES string of the molecule is CO[C@@]1(c2ccc3nccc(N[C@H](C)c4cccc(C(F)F)c4F)c3c2)CCN(C(=O)N2CCCC2)C1. The number of nitrogens with zero attached hydrogens (tertiary/aromatic N) is 3. The van der Waals surface area contributed by atoms with Crippen molar-refractivity contribution < 1.29 is 22.7 Å². The van der Waals surface area contributed by atoms with Gasteiger partial charge in [-0.15, -0.1) is 0 Å². The first-order valence-electron chi connectivity index (χ1n) is 12.6. The summed E-state index contributed by atoms with van der Waals surface area (Å²) in [6.07, 6.45) is 1.51. The van der Waals surface area contributed by atoms with Crippen LogP contribution in [0.25, 0.3) is 10.9 Å². The second kappa shape index (κ2) is 10.2. The number of methoxy groups -OCH3 is 1. The molecule has 9 heteroatoms. The van der Waals surface area contributed by atoms with E-state index in [4.69, 9.17) is 4.74 Å². The first kappa shape index (κ1) is 25.3. The van der Waals surface area contributed by atoms with Crippen LogP contribution in [-0.4, -0.2) is 54.1 Å². The van der Waals surface area contributed by atoms with Gasteiger partial charge in [0, 0.05) is 56.0 Å². The minimum absolute atomic E-state index is 0.0584. The van der Waals surface area contributed by atoms with Crippen molar-refractivity contribution in [2.45, 2.75) is 44.3 Å². The first-order valence-corrected chi connectivity index (χ1v) is 12.6. The summed E-state index contributed by atoms with van der Waals surface area (Å²) in [6.45, 7) is 4.39. The molecule has 2 fully saturated rings. The number of halogens is 3. The van der Waals surface area contributed by atoms with Crippen molar-refractivity contribution in [1.82, 2.24) is 14.8 Å². The lowest BCUT2D eigenvalue weighted by Gasteiger charge is -2.30. The molecule has 6 nitrogen and oxygen atoms in total. The molecule has 3 aromatic rings. The van der Waals surface area contributed by atoms with Crippen molar-refractivity contribution in [3.63, 3.8) is 0 Å². The summed E-state index contributed by atoms with van der Waals surface area (Å²) in [5.41, 5.74) is 1.27. The average Bonchev–Trinajstić information content (AvgIpc) is 3.59. The van der Waals surface area contributed by atoms with Gasteiger partial charge >= 0.3 is 6.03 Å². The standard InChI is InChI=1S/C28H31F3N4O2/c1-18(20-6-5-7-21(25(20)29)26(30)31)33-24-10-12-32-23-9-8-19(16-22(23)24)28(37-2)11-15-35(17-28)27(36)34-13-3-4-14-34/h5-10,12,16,18,26H,3-4,11,13-15,17H2,1-2H3,(H,32,33)/t18-,28+/m1/s1. The molecule has 1 aromatic heterocycles. The fourth-order valence-corrected chi connectivity index (χ4v) is 5.51. The zero-order valence-electron chi connectivity index (χ0n) is 21.0. The van der Waals surface area contributed by atoms with E-state index in [1.165, 1.54) is 12.1 Å². The highest BCUT2D eigenvalue weighted by molar-refractivity contribution is 5.92. The minimum Gasteiger partial charge on any atom is -0.378 e. The Morgan fingerprint density at radius 2 is 1.84 bits per heavy atom. The van der Waals surface area contributed by atoms with E-state index in [-0.39, 0.29) is 11.6 Å². The molecule has 0 bridgehead atoms. The summed E-state index contributed by atoms with van der Waals surface area (Å²) in [5.74, 6) is -0.899. The number of rotatable bonds is 6. The number of carbonyl (C=O) groups excluding carboxylic acids is 1. The van der Waals surface area contributed by atoms with Gasteiger partial charge in [0.15, 0.2) is 0 Å². The van der Waals surface area contributed by atoms with E-state index in [0.717, 1.165) is 48.5 Å². The summed E-state index contributed by atoms with van der Waals surface area (Å²) in [4.78, 5) is 21.2. The predicted molar refractivity (Wildman–Crippen MR) is 136 cm³/mol. The molecule has 0 saturated carbocycles. The minimum atomic E-state index is -2.88. The van der Waals surface area contributed by atoms with Gasteiger partial charge in [-0.2, -0.15) is 0 Å². The molecule has 196 valence electrons. The maximum atomic E-state index is 14.8. The molecule has 1 N–H and O–H groups in total. The number of pyridine rings is 1. The van der Waals surface area contributed by atoms with E-state index in [2.05, 4.69) is 10.3 Å². The first-order chi connectivity index (χ1) is 17.8. The maximum absolute atomic E-state index is 14.8. The Bertz CT molecular complexity index is 1300. The molecule has 0 radical (unpaired) electrons. The number of ether oxygens (including phenoxy) is 1. The molecule has 0 aliphatic carbocycles. The predicted octanol–water partition coefficient (Wildman–Crippen LogP) is 6.25. The summed E-state index contributed by atoms with van der Waals surface area (Å²) < 4.78 is 47.3. The van der Waals surface area contributed by atoms with Crippen LogP contribution in [-0.2, 0) is 10.3 Å². The molecule has 37 heavy (non-hydrogen) atoms. The van der Waals surface area contributed by atoms with E-state index < -0.39 is 29.4 Å². The van der Waals surface area contributed by atoms with E-state index in [0.29, 0.717) is 25.2 Å². The Morgan fingerprint density at radius 1 is 1.08 bits per heavy atom. The van der Waals surface area contributed by atoms with Crippen LogP contribution in [0.3, 0.4) is 0 Å². The van der Waals surface area contributed by atoms with Gasteiger partial charge in [-0.05, 0) is 43.5 Å². The Hall–Kier alpha value is -3.33. The van der Waals surface area contributed by atoms with Gasteiger partial charge < -0.3 is 19.9 Å². The number of anilines is 1. The van der Waals surface area contributed by atoms with Gasteiger partial charge in [-0.3, -0.25) is 4.98 Å². The van der Waals surface area contributed by atoms with Crippen molar-refractivity contribution >= 4 is 22.6 Å². The maximum Gasteiger partial charge on any atom is 0.320 e. The fourth-order valence-electron chi connectivity index (χ4n) is 5.51. The molecule has 0 spiro atoms. The third kappa shape index (κ3) is 4.72. The summed E-state index contributed by atoms with van der Waals surface area (Å²) in [7, 11) is 1.66. The third-order valence-corrected chi connectivity index (χ3v) is 7.67. The van der Waals surface area contributed by atoms with Gasteiger partial charge in [-0.1, -0.05) is 24.3 Å². The van der Waals surface area contributed by atoms with Gasteiger partial charge in [0.25, 0.3) is 6.43 Å². The summed E-state index contributed by atoms with van der Waals surface area (Å²) in [6, 6.07) is 11.2. The molecule has 2 saturated heterocycles. The number of alkyl halides is 2. The number of likely N-dealkylation sites (tertiary alicyclic amines) is 2. The third-order valence-electron chi connectivity index (χ3n) is 7.67. The van der Waals surface area contributed by atoms with Crippen LogP contribution in [0.4, 0.5) is 23.7 Å². The zero-order chi connectivity index (χ0) is 26.2. The smallest absolute Gasteiger partial charge is 0.320 e. The molecular weight excluding hydrogens is 481 g/mol. The van der Waals surface area contributed by atoms with Crippen LogP contribution in [0.15, 0.2) is 48.7 Å². The number of amides is 2. The Balaban J connectivity index is 1.44. The van der Waals surface area contributed by atoms with Crippen molar-refractivity contribution in [1.29, 1.82) is 0 Å². The Morgan fingerprint density at radius 3 is 2.57 bits per heavy atom. The summed E-state index contributed by atoms with van der Waals surface area (Å²) >= 11 is 0. The topological polar surface area (TPSA) is 57.7 Å². The highest BCUT2D eigenvalue weighted by atomic mass is 19.3. The lowest BCUT2D eigenvalue weighted by atomic mass is 9.91. The Labute approximate surface area is 214 Å². The van der Waals surface area contributed by atoms with E-state index in [1.54, 1.807) is 26.3 Å². The molecule has 2 aliphatic rings. The number of fused-ring (bicyclic) bond motifs is 1. The molecule has 2 atom stereocenters. The molecule has 0 unspecified atom stereocenters. The second-order valence-corrected chi connectivity index (χ2v) is 9.85. The number of carbonyl (C=O) groups is 1. The van der Waals surface area contributed by atoms with Crippen molar-refractivity contribution in [3.8, 4) is 0 Å². The van der Waals surface area contributed by atoms with E-state index in [9.17, 15) is 18.0 Å². The second-order valence-electron chi connectivity index (χ2n) is 9.85. The molecule has 2 aliphatic heterocycles. The molecule has 2 amide bonds. The lowest BCUT2D eigenvalue weighted by molar-refractivity contribution is -0.00396. The quantitative estimate of drug-likeness (QED) is 0.424. The van der Waals surface area contributed by atoms with Crippen molar-refractivity contribution in [2.75, 3.05) is 38.6 Å². The Kier molecular flexibility index (Phi) is 6.98. The number of nitrogens with one attached hydrogen (secondary N) is 1. The number of urea groups is 1. The van der Waals surface area contributed by atoms with Crippen LogP contribution in [0.2, 0.25) is 0 Å². The van der Waals surface area contributed by atoms with Crippen LogP contribution in [0.1, 0.15) is 55.3 Å². The highest BCUT2D eigenvalue weighted by Crippen LogP contribution is 2.39. The lowest BCUT2D eigenvalue weighted by Crippen LogP contribution is -2.42. The number of aromatic nitrogens is 1. The van der Waals surface area contributed by atoms with Gasteiger partial charge in [0.05, 0.1) is 23.7 Å². The highest BCUT2D eigenvalue weighted by Gasteiger charge is 2.43. The normalized spacial score (nSPS) is 20.7. The van der Waals surface area contributed by atoms with E-state index in [1.807, 2.05) is 28.0 Å². The van der Waals surface area contributed by atoms with E-state index >= 15 is 0 Å². The van der Waals surface area contributed by atoms with Crippen molar-refractivity contribution in [3.05, 3.63) is 71.2 Å². The molecule has 2 aromatic carbocycles. The number of hydrogen-bond acceptors (Lipinski definition) is 4. The molecule has 3 heterocycles. The fraction of sp³-hybridized carbons (Fsp3) is 0.429. The zero-order valence-corrected chi connectivity index (χ0v) is 21.0. The van der Waals surface area contributed by atoms with Crippen LogP contribution in [0.5, 0.6) is 0 Å². The van der Waals surface area contributed by atoms with Gasteiger partial charge in [-0.25, -0.2) is 18.0 Å². The van der Waals surface area contributed by atoms with Crippen molar-refractivity contribution in [2.24, 2.45) is 0 Å². The molecular formula is C28H31F3N4O2. The molecule has 5 rings (SSSR count). The average molecular weight is 513 g/mol. The van der Waals surface area contributed by atoms with Crippen LogP contribution < -0.4 is 5.32 Å². The van der Waals surface area contributed by atoms with Gasteiger partial charge in [0.2, 0.25) is 0 Å².